The average Bonchev–Trinajstić information content (AvgIpc) is 2.58. The van der Waals surface area contributed by atoms with Crippen molar-refractivity contribution in [2.75, 3.05) is 18.8 Å². The number of nitrogen functional groups attached to an aromatic ring is 1. The summed E-state index contributed by atoms with van der Waals surface area (Å²) in [6, 6.07) is 5.03. The van der Waals surface area contributed by atoms with Crippen molar-refractivity contribution in [2.45, 2.75) is 32.4 Å². The number of carbonyl (C=O) groups excluding carboxylic acids is 1. The van der Waals surface area contributed by atoms with Crippen molar-refractivity contribution >= 4 is 28.7 Å². The highest BCUT2D eigenvalue weighted by molar-refractivity contribution is 5.89. The van der Waals surface area contributed by atoms with Crippen molar-refractivity contribution in [1.29, 1.82) is 0 Å². The monoisotopic (exact) mass is 343 g/mol. The molecule has 0 aliphatic carbocycles. The number of hydrogen-bond acceptors (Lipinski definition) is 5. The minimum absolute atomic E-state index is 0.141. The summed E-state index contributed by atoms with van der Waals surface area (Å²) in [6.07, 6.45) is 1.66. The van der Waals surface area contributed by atoms with Crippen molar-refractivity contribution in [3.05, 3.63) is 30.1 Å². The van der Waals surface area contributed by atoms with Crippen LogP contribution in [-0.2, 0) is 11.3 Å². The van der Waals surface area contributed by atoms with E-state index in [0.717, 1.165) is 22.9 Å². The molecule has 132 valence electrons. The Balaban J connectivity index is 1.80. The Morgan fingerprint density at radius 1 is 1.36 bits per heavy atom. The van der Waals surface area contributed by atoms with Gasteiger partial charge in [-0.2, -0.15) is 0 Å². The zero-order valence-electron chi connectivity index (χ0n) is 14.1. The van der Waals surface area contributed by atoms with E-state index < -0.39 is 12.1 Å². The molecule has 1 saturated heterocycles. The second-order valence-electron chi connectivity index (χ2n) is 6.15. The second kappa shape index (κ2) is 6.92. The molecule has 0 radical (unpaired) electrons. The molecule has 1 fully saturated rings. The number of nitrogens with zero attached hydrogens (tertiary/aromatic N) is 4. The molecule has 0 spiro atoms. The largest absolute Gasteiger partial charge is 0.465 e. The Kier molecular flexibility index (Phi) is 4.69. The van der Waals surface area contributed by atoms with Crippen molar-refractivity contribution < 1.29 is 14.7 Å². The average molecular weight is 343 g/mol. The highest BCUT2D eigenvalue weighted by Gasteiger charge is 2.36. The highest BCUT2D eigenvalue weighted by Crippen LogP contribution is 2.22. The first kappa shape index (κ1) is 16.9. The number of aromatic nitrogens is 2. The van der Waals surface area contributed by atoms with Gasteiger partial charge < -0.3 is 15.7 Å². The van der Waals surface area contributed by atoms with E-state index in [1.165, 1.54) is 11.2 Å². The van der Waals surface area contributed by atoms with Gasteiger partial charge in [0.05, 0.1) is 5.52 Å². The third-order valence-corrected chi connectivity index (χ3v) is 4.50. The number of benzene rings is 1. The quantitative estimate of drug-likeness (QED) is 0.874. The lowest BCUT2D eigenvalue weighted by atomic mass is 10.0. The molecule has 8 heteroatoms. The zero-order chi connectivity index (χ0) is 18.0. The molecule has 1 atom stereocenters. The number of carboxylic acid groups (broad SMARTS) is 1. The van der Waals surface area contributed by atoms with Gasteiger partial charge in [0.2, 0.25) is 5.91 Å². The number of piperazine rings is 1. The summed E-state index contributed by atoms with van der Waals surface area (Å²) >= 11 is 0. The fourth-order valence-electron chi connectivity index (χ4n) is 3.22. The molecule has 1 aliphatic rings. The van der Waals surface area contributed by atoms with Crippen LogP contribution in [0.4, 0.5) is 10.6 Å². The van der Waals surface area contributed by atoms with Gasteiger partial charge in [-0.1, -0.05) is 19.4 Å². The van der Waals surface area contributed by atoms with Crippen LogP contribution < -0.4 is 5.73 Å². The topological polar surface area (TPSA) is 113 Å². The number of amides is 2. The van der Waals surface area contributed by atoms with Crippen LogP contribution in [0, 0.1) is 0 Å². The van der Waals surface area contributed by atoms with Crippen LogP contribution in [-0.4, -0.2) is 56.0 Å². The number of fused-ring (bicyclic) bond motifs is 1. The standard InChI is InChI=1S/C17H21N5O3/c1-2-3-14-16(23)21(6-7-22(14)17(24)25)9-11-4-5-12-13(8-11)19-10-20-15(12)18/h4-5,8,10,14H,2-3,6-7,9H2,1H3,(H,24,25)(H2,18,19,20). The van der Waals surface area contributed by atoms with E-state index in [-0.39, 0.29) is 5.91 Å². The number of nitrogens with two attached hydrogens (primary N) is 1. The van der Waals surface area contributed by atoms with Gasteiger partial charge in [-0.05, 0) is 24.1 Å². The number of carbonyl (C=O) groups is 2. The molecular formula is C17H21N5O3. The van der Waals surface area contributed by atoms with E-state index in [2.05, 4.69) is 9.97 Å². The molecule has 2 aromatic rings. The minimum Gasteiger partial charge on any atom is -0.465 e. The number of hydrogen-bond donors (Lipinski definition) is 2. The normalized spacial score (nSPS) is 18.0. The zero-order valence-corrected chi connectivity index (χ0v) is 14.1. The predicted molar refractivity (Wildman–Crippen MR) is 92.8 cm³/mol. The first-order valence-electron chi connectivity index (χ1n) is 8.28. The Labute approximate surface area is 145 Å². The van der Waals surface area contributed by atoms with Gasteiger partial charge >= 0.3 is 6.09 Å². The van der Waals surface area contributed by atoms with Crippen molar-refractivity contribution in [3.8, 4) is 0 Å². The van der Waals surface area contributed by atoms with Crippen LogP contribution in [0.2, 0.25) is 0 Å². The fraction of sp³-hybridized carbons (Fsp3) is 0.412. The third kappa shape index (κ3) is 3.33. The Morgan fingerprint density at radius 3 is 2.88 bits per heavy atom. The minimum atomic E-state index is -1.04. The van der Waals surface area contributed by atoms with Crippen molar-refractivity contribution in [3.63, 3.8) is 0 Å². The predicted octanol–water partition coefficient (Wildman–Crippen LogP) is 1.70. The maximum absolute atomic E-state index is 12.7. The fourth-order valence-corrected chi connectivity index (χ4v) is 3.22. The molecule has 2 amide bonds. The van der Waals surface area contributed by atoms with Crippen LogP contribution in [0.1, 0.15) is 25.3 Å². The molecule has 3 rings (SSSR count). The van der Waals surface area contributed by atoms with Crippen molar-refractivity contribution in [2.24, 2.45) is 0 Å². The van der Waals surface area contributed by atoms with E-state index in [9.17, 15) is 14.7 Å². The maximum Gasteiger partial charge on any atom is 0.408 e. The summed E-state index contributed by atoms with van der Waals surface area (Å²) < 4.78 is 0. The highest BCUT2D eigenvalue weighted by atomic mass is 16.4. The molecular weight excluding hydrogens is 322 g/mol. The summed E-state index contributed by atoms with van der Waals surface area (Å²) in [7, 11) is 0. The molecule has 0 bridgehead atoms. The summed E-state index contributed by atoms with van der Waals surface area (Å²) in [5.41, 5.74) is 7.49. The number of rotatable bonds is 4. The molecule has 0 saturated carbocycles. The van der Waals surface area contributed by atoms with Gasteiger partial charge in [-0.3, -0.25) is 9.69 Å². The van der Waals surface area contributed by atoms with Gasteiger partial charge in [0.15, 0.2) is 0 Å². The van der Waals surface area contributed by atoms with Crippen LogP contribution in [0.5, 0.6) is 0 Å². The summed E-state index contributed by atoms with van der Waals surface area (Å²) in [5.74, 6) is 0.281. The first-order chi connectivity index (χ1) is 12.0. The lowest BCUT2D eigenvalue weighted by molar-refractivity contribution is -0.141. The maximum atomic E-state index is 12.7. The molecule has 1 aromatic carbocycles. The van der Waals surface area contributed by atoms with E-state index in [1.54, 1.807) is 4.90 Å². The van der Waals surface area contributed by atoms with Crippen LogP contribution in [0.3, 0.4) is 0 Å². The lowest BCUT2D eigenvalue weighted by Crippen LogP contribution is -2.58. The first-order valence-corrected chi connectivity index (χ1v) is 8.28. The van der Waals surface area contributed by atoms with E-state index in [0.29, 0.717) is 31.9 Å². The Bertz CT molecular complexity index is 810. The summed E-state index contributed by atoms with van der Waals surface area (Å²) in [6.45, 7) is 3.08. The van der Waals surface area contributed by atoms with Gasteiger partial charge in [-0.15, -0.1) is 0 Å². The van der Waals surface area contributed by atoms with Crippen LogP contribution in [0.15, 0.2) is 24.5 Å². The SMILES string of the molecule is CCCC1C(=O)N(Cc2ccc3c(N)ncnc3c2)CCN1C(=O)O. The molecule has 3 N–H and O–H groups in total. The third-order valence-electron chi connectivity index (χ3n) is 4.50. The van der Waals surface area contributed by atoms with Gasteiger partial charge in [0.25, 0.3) is 0 Å². The van der Waals surface area contributed by atoms with E-state index in [4.69, 9.17) is 5.73 Å². The van der Waals surface area contributed by atoms with Crippen LogP contribution in [0.25, 0.3) is 10.9 Å². The van der Waals surface area contributed by atoms with Gasteiger partial charge in [-0.25, -0.2) is 14.8 Å². The summed E-state index contributed by atoms with van der Waals surface area (Å²) in [5, 5.41) is 10.1. The smallest absolute Gasteiger partial charge is 0.408 e. The van der Waals surface area contributed by atoms with Gasteiger partial charge in [0, 0.05) is 25.0 Å². The van der Waals surface area contributed by atoms with Crippen LogP contribution >= 0.6 is 0 Å². The second-order valence-corrected chi connectivity index (χ2v) is 6.15. The Morgan fingerprint density at radius 2 is 2.16 bits per heavy atom. The molecule has 1 aliphatic heterocycles. The molecule has 2 heterocycles. The van der Waals surface area contributed by atoms with Gasteiger partial charge in [0.1, 0.15) is 18.2 Å². The van der Waals surface area contributed by atoms with E-state index >= 15 is 0 Å². The molecule has 8 nitrogen and oxygen atoms in total. The summed E-state index contributed by atoms with van der Waals surface area (Å²) in [4.78, 5) is 35.2. The van der Waals surface area contributed by atoms with E-state index in [1.807, 2.05) is 25.1 Å². The lowest BCUT2D eigenvalue weighted by Gasteiger charge is -2.39. The Hall–Kier alpha value is -2.90. The molecule has 1 unspecified atom stereocenters. The van der Waals surface area contributed by atoms with Crippen molar-refractivity contribution in [1.82, 2.24) is 19.8 Å². The number of anilines is 1. The molecule has 25 heavy (non-hydrogen) atoms. The molecule has 1 aromatic heterocycles.